The van der Waals surface area contributed by atoms with E-state index >= 15 is 0 Å². The molecule has 0 fully saturated rings. The highest BCUT2D eigenvalue weighted by molar-refractivity contribution is 5.81. The lowest BCUT2D eigenvalue weighted by Crippen LogP contribution is -2.20. The fourth-order valence-electron chi connectivity index (χ4n) is 3.02. The summed E-state index contributed by atoms with van der Waals surface area (Å²) >= 11 is 0. The quantitative estimate of drug-likeness (QED) is 0.406. The molecular formula is C18H15N5O4. The predicted octanol–water partition coefficient (Wildman–Crippen LogP) is 2.38. The lowest BCUT2D eigenvalue weighted by Gasteiger charge is -2.09. The van der Waals surface area contributed by atoms with E-state index in [4.69, 9.17) is 4.74 Å². The van der Waals surface area contributed by atoms with Gasteiger partial charge in [-0.25, -0.2) is 0 Å². The van der Waals surface area contributed by atoms with E-state index in [1.165, 1.54) is 16.7 Å². The molecule has 0 atom stereocenters. The summed E-state index contributed by atoms with van der Waals surface area (Å²) < 4.78 is 8.79. The molecule has 0 bridgehead atoms. The number of aromatic nitrogens is 4. The van der Waals surface area contributed by atoms with Crippen molar-refractivity contribution in [3.8, 4) is 5.75 Å². The van der Waals surface area contributed by atoms with Crippen molar-refractivity contribution >= 4 is 22.4 Å². The molecule has 0 N–H and O–H groups in total. The maximum Gasteiger partial charge on any atom is 0.310 e. The van der Waals surface area contributed by atoms with Gasteiger partial charge in [0.05, 0.1) is 15.8 Å². The van der Waals surface area contributed by atoms with E-state index in [9.17, 15) is 14.9 Å². The smallest absolute Gasteiger partial charge is 0.310 e. The molecule has 4 rings (SSSR count). The SMILES string of the molecule is Cc1ccc2c(c1)c(=O)n(C)c1nnc(COc3ccccc3[N+](=O)[O-])n21. The van der Waals surface area contributed by atoms with Crippen molar-refractivity contribution in [1.82, 2.24) is 19.2 Å². The van der Waals surface area contributed by atoms with Crippen molar-refractivity contribution in [3.05, 3.63) is 74.3 Å². The van der Waals surface area contributed by atoms with E-state index in [2.05, 4.69) is 10.2 Å². The van der Waals surface area contributed by atoms with Crippen LogP contribution in [0.5, 0.6) is 5.75 Å². The molecule has 0 aliphatic carbocycles. The van der Waals surface area contributed by atoms with Crippen molar-refractivity contribution in [2.45, 2.75) is 13.5 Å². The molecule has 9 heteroatoms. The van der Waals surface area contributed by atoms with Crippen LogP contribution in [-0.2, 0) is 13.7 Å². The van der Waals surface area contributed by atoms with Gasteiger partial charge in [0.15, 0.2) is 11.6 Å². The maximum atomic E-state index is 12.6. The van der Waals surface area contributed by atoms with Crippen molar-refractivity contribution in [1.29, 1.82) is 0 Å². The van der Waals surface area contributed by atoms with Crippen molar-refractivity contribution in [2.75, 3.05) is 0 Å². The molecule has 136 valence electrons. The molecule has 2 heterocycles. The minimum absolute atomic E-state index is 0.0345. The van der Waals surface area contributed by atoms with Crippen LogP contribution in [0.3, 0.4) is 0 Å². The van der Waals surface area contributed by atoms with E-state index in [0.29, 0.717) is 22.5 Å². The Morgan fingerprint density at radius 2 is 1.96 bits per heavy atom. The average molecular weight is 365 g/mol. The third-order valence-corrected chi connectivity index (χ3v) is 4.36. The Kier molecular flexibility index (Phi) is 3.84. The molecule has 4 aromatic rings. The highest BCUT2D eigenvalue weighted by atomic mass is 16.6. The topological polar surface area (TPSA) is 105 Å². The van der Waals surface area contributed by atoms with Crippen LogP contribution in [0.4, 0.5) is 5.69 Å². The first-order valence-corrected chi connectivity index (χ1v) is 8.17. The van der Waals surface area contributed by atoms with Gasteiger partial charge in [0.2, 0.25) is 5.78 Å². The molecule has 0 aliphatic heterocycles. The third-order valence-electron chi connectivity index (χ3n) is 4.36. The zero-order valence-corrected chi connectivity index (χ0v) is 14.6. The molecular weight excluding hydrogens is 350 g/mol. The van der Waals surface area contributed by atoms with Gasteiger partial charge < -0.3 is 4.74 Å². The summed E-state index contributed by atoms with van der Waals surface area (Å²) in [6.07, 6.45) is 0. The first-order chi connectivity index (χ1) is 13.0. The molecule has 0 spiro atoms. The number of fused-ring (bicyclic) bond motifs is 3. The summed E-state index contributed by atoms with van der Waals surface area (Å²) in [5.74, 6) is 0.953. The lowest BCUT2D eigenvalue weighted by atomic mass is 10.1. The average Bonchev–Trinajstić information content (AvgIpc) is 3.08. The van der Waals surface area contributed by atoms with Crippen molar-refractivity contribution in [2.24, 2.45) is 7.05 Å². The van der Waals surface area contributed by atoms with Crippen LogP contribution in [-0.4, -0.2) is 24.1 Å². The molecule has 0 unspecified atom stereocenters. The van der Waals surface area contributed by atoms with E-state index < -0.39 is 4.92 Å². The number of nitro groups is 1. The van der Waals surface area contributed by atoms with Crippen LogP contribution >= 0.6 is 0 Å². The van der Waals surface area contributed by atoms with Gasteiger partial charge in [-0.2, -0.15) is 0 Å². The number of aryl methyl sites for hydroxylation is 2. The standard InChI is InChI=1S/C18H15N5O4/c1-11-7-8-13-12(9-11)17(24)21(2)18-20-19-16(22(13)18)10-27-15-6-4-3-5-14(15)23(25)26/h3-9H,10H2,1-2H3. The number of hydrogen-bond donors (Lipinski definition) is 0. The summed E-state index contributed by atoms with van der Waals surface area (Å²) in [6, 6.07) is 11.7. The molecule has 0 aliphatic rings. The number of nitro benzene ring substituents is 1. The Balaban J connectivity index is 1.83. The highest BCUT2D eigenvalue weighted by Gasteiger charge is 2.18. The maximum absolute atomic E-state index is 12.6. The number of benzene rings is 2. The molecule has 27 heavy (non-hydrogen) atoms. The molecule has 2 aromatic carbocycles. The molecule has 2 aromatic heterocycles. The van der Waals surface area contributed by atoms with Gasteiger partial charge in [0, 0.05) is 13.1 Å². The van der Waals surface area contributed by atoms with Gasteiger partial charge in [0.1, 0.15) is 6.61 Å². The second-order valence-corrected chi connectivity index (χ2v) is 6.15. The molecule has 0 saturated carbocycles. The summed E-state index contributed by atoms with van der Waals surface area (Å²) in [5.41, 5.74) is 1.33. The lowest BCUT2D eigenvalue weighted by molar-refractivity contribution is -0.385. The largest absolute Gasteiger partial charge is 0.479 e. The fourth-order valence-corrected chi connectivity index (χ4v) is 3.02. The van der Waals surface area contributed by atoms with E-state index in [-0.39, 0.29) is 23.6 Å². The second kappa shape index (κ2) is 6.20. The normalized spacial score (nSPS) is 11.2. The van der Waals surface area contributed by atoms with Crippen LogP contribution in [0.1, 0.15) is 11.4 Å². The van der Waals surface area contributed by atoms with Crippen LogP contribution in [0.15, 0.2) is 47.3 Å². The first kappa shape index (κ1) is 16.7. The Morgan fingerprint density at radius 3 is 2.74 bits per heavy atom. The molecule has 9 nitrogen and oxygen atoms in total. The number of nitrogens with zero attached hydrogens (tertiary/aromatic N) is 5. The molecule has 0 saturated heterocycles. The van der Waals surface area contributed by atoms with Gasteiger partial charge in [0.25, 0.3) is 5.56 Å². The zero-order valence-electron chi connectivity index (χ0n) is 14.6. The fraction of sp³-hybridized carbons (Fsp3) is 0.167. The third kappa shape index (κ3) is 2.69. The zero-order chi connectivity index (χ0) is 19.1. The molecule has 0 amide bonds. The predicted molar refractivity (Wildman–Crippen MR) is 97.9 cm³/mol. The Bertz CT molecular complexity index is 1260. The van der Waals surface area contributed by atoms with Gasteiger partial charge >= 0.3 is 5.69 Å². The Labute approximate surface area is 152 Å². The van der Waals surface area contributed by atoms with Crippen LogP contribution in [0, 0.1) is 17.0 Å². The Hall–Kier alpha value is -3.75. The van der Waals surface area contributed by atoms with E-state index in [1.807, 2.05) is 25.1 Å². The van der Waals surface area contributed by atoms with Crippen molar-refractivity contribution in [3.63, 3.8) is 0 Å². The van der Waals surface area contributed by atoms with E-state index in [0.717, 1.165) is 5.56 Å². The van der Waals surface area contributed by atoms with Gasteiger partial charge in [-0.3, -0.25) is 23.9 Å². The van der Waals surface area contributed by atoms with Crippen LogP contribution < -0.4 is 10.3 Å². The van der Waals surface area contributed by atoms with Crippen LogP contribution in [0.2, 0.25) is 0 Å². The van der Waals surface area contributed by atoms with Crippen LogP contribution in [0.25, 0.3) is 16.7 Å². The monoisotopic (exact) mass is 365 g/mol. The van der Waals surface area contributed by atoms with Gasteiger partial charge in [-0.1, -0.05) is 23.8 Å². The van der Waals surface area contributed by atoms with Gasteiger partial charge in [-0.05, 0) is 25.1 Å². The van der Waals surface area contributed by atoms with E-state index in [1.54, 1.807) is 23.6 Å². The molecule has 0 radical (unpaired) electrons. The minimum Gasteiger partial charge on any atom is -0.479 e. The summed E-state index contributed by atoms with van der Waals surface area (Å²) in [6.45, 7) is 1.88. The Morgan fingerprint density at radius 1 is 1.19 bits per heavy atom. The first-order valence-electron chi connectivity index (χ1n) is 8.17. The number of hydrogen-bond acceptors (Lipinski definition) is 6. The summed E-state index contributed by atoms with van der Waals surface area (Å²) in [4.78, 5) is 23.2. The number of para-hydroxylation sites is 2. The number of ether oxygens (including phenoxy) is 1. The summed E-state index contributed by atoms with van der Waals surface area (Å²) in [7, 11) is 1.63. The summed E-state index contributed by atoms with van der Waals surface area (Å²) in [5, 5.41) is 19.9. The minimum atomic E-state index is -0.501. The van der Waals surface area contributed by atoms with Gasteiger partial charge in [-0.15, -0.1) is 10.2 Å². The van der Waals surface area contributed by atoms with Crippen molar-refractivity contribution < 1.29 is 9.66 Å². The number of rotatable bonds is 4. The second-order valence-electron chi connectivity index (χ2n) is 6.15. The highest BCUT2D eigenvalue weighted by Crippen LogP contribution is 2.26.